The zero-order valence-electron chi connectivity index (χ0n) is 25.1. The highest BCUT2D eigenvalue weighted by molar-refractivity contribution is 5.84. The molecule has 0 saturated carbocycles. The summed E-state index contributed by atoms with van der Waals surface area (Å²) in [4.78, 5) is 20.1. The first-order valence-electron chi connectivity index (χ1n) is 15.9. The predicted molar refractivity (Wildman–Crippen MR) is 173 cm³/mol. The molecule has 43 heavy (non-hydrogen) atoms. The number of pyridine rings is 1. The number of hydrogen-bond acceptors (Lipinski definition) is 5. The van der Waals surface area contributed by atoms with Crippen LogP contribution in [-0.2, 0) is 17.6 Å². The number of hydrogen-bond donors (Lipinski definition) is 2. The smallest absolute Gasteiger partial charge is 0.224 e. The monoisotopic (exact) mass is 579 g/mol. The van der Waals surface area contributed by atoms with Gasteiger partial charge >= 0.3 is 0 Å². The first kappa shape index (κ1) is 30.7. The Morgan fingerprint density at radius 3 is 2.30 bits per heavy atom. The van der Waals surface area contributed by atoms with Crippen LogP contribution in [0.2, 0.25) is 0 Å². The minimum Gasteiger partial charge on any atom is -0.490 e. The van der Waals surface area contributed by atoms with Crippen molar-refractivity contribution < 1.29 is 14.6 Å². The van der Waals surface area contributed by atoms with Crippen molar-refractivity contribution in [1.29, 1.82) is 0 Å². The molecule has 1 aliphatic heterocycles. The maximum Gasteiger partial charge on any atom is 0.224 e. The van der Waals surface area contributed by atoms with Gasteiger partial charge in [0.15, 0.2) is 0 Å². The van der Waals surface area contributed by atoms with E-state index in [4.69, 9.17) is 4.74 Å². The van der Waals surface area contributed by atoms with Crippen LogP contribution in [0.25, 0.3) is 10.9 Å². The zero-order chi connectivity index (χ0) is 29.7. The summed E-state index contributed by atoms with van der Waals surface area (Å²) in [5.41, 5.74) is 3.57. The van der Waals surface area contributed by atoms with Crippen LogP contribution in [0.4, 0.5) is 0 Å². The van der Waals surface area contributed by atoms with E-state index in [9.17, 15) is 9.90 Å². The summed E-state index contributed by atoms with van der Waals surface area (Å²) in [6, 6.07) is 31.0. The molecule has 2 heterocycles. The number of fused-ring (bicyclic) bond motifs is 1. The van der Waals surface area contributed by atoms with Crippen LogP contribution in [-0.4, -0.2) is 59.3 Å². The van der Waals surface area contributed by atoms with E-state index in [0.717, 1.165) is 74.6 Å². The van der Waals surface area contributed by atoms with Crippen LogP contribution < -0.4 is 10.1 Å². The van der Waals surface area contributed by atoms with Crippen LogP contribution >= 0.6 is 0 Å². The lowest BCUT2D eigenvalue weighted by molar-refractivity contribution is -0.127. The molecule has 3 aromatic carbocycles. The van der Waals surface area contributed by atoms with E-state index in [1.165, 1.54) is 11.1 Å². The number of carbonyl (C=O) groups is 1. The summed E-state index contributed by atoms with van der Waals surface area (Å²) in [6.45, 7) is 2.25. The fourth-order valence-electron chi connectivity index (χ4n) is 6.18. The van der Waals surface area contributed by atoms with Crippen LogP contribution in [0.3, 0.4) is 0 Å². The lowest BCUT2D eigenvalue weighted by Gasteiger charge is -2.34. The molecule has 226 valence electrons. The molecule has 1 unspecified atom stereocenters. The van der Waals surface area contributed by atoms with Gasteiger partial charge in [0.2, 0.25) is 5.91 Å². The van der Waals surface area contributed by atoms with Gasteiger partial charge in [-0.05, 0) is 93.3 Å². The second-order valence-corrected chi connectivity index (χ2v) is 11.9. The number of aryl methyl sites for hydroxylation is 2. The van der Waals surface area contributed by atoms with Gasteiger partial charge in [-0.1, -0.05) is 66.7 Å². The first-order chi connectivity index (χ1) is 21.1. The number of β-amino-alcohol motifs (C(OH)–C–C–N with tert-alkyl or cyclic N) is 1. The number of piperidine rings is 1. The summed E-state index contributed by atoms with van der Waals surface area (Å²) in [6.07, 6.45) is 9.07. The maximum absolute atomic E-state index is 13.5. The van der Waals surface area contributed by atoms with E-state index in [0.29, 0.717) is 13.1 Å². The van der Waals surface area contributed by atoms with Gasteiger partial charge in [-0.25, -0.2) is 0 Å². The minimum absolute atomic E-state index is 0.0586. The molecule has 6 nitrogen and oxygen atoms in total. The van der Waals surface area contributed by atoms with Gasteiger partial charge in [-0.15, -0.1) is 0 Å². The van der Waals surface area contributed by atoms with Crippen molar-refractivity contribution >= 4 is 16.8 Å². The molecule has 1 fully saturated rings. The van der Waals surface area contributed by atoms with E-state index in [2.05, 4.69) is 75.9 Å². The van der Waals surface area contributed by atoms with E-state index in [1.54, 1.807) is 6.20 Å². The summed E-state index contributed by atoms with van der Waals surface area (Å²) >= 11 is 0. The average Bonchev–Trinajstić information content (AvgIpc) is 3.05. The normalized spacial score (nSPS) is 16.3. The largest absolute Gasteiger partial charge is 0.490 e. The maximum atomic E-state index is 13.5. The molecule has 4 aromatic rings. The van der Waals surface area contributed by atoms with E-state index in [1.807, 2.05) is 30.3 Å². The third-order valence-electron chi connectivity index (χ3n) is 8.45. The number of amides is 1. The fourth-order valence-corrected chi connectivity index (χ4v) is 6.18. The lowest BCUT2D eigenvalue weighted by Crippen LogP contribution is -2.48. The molecule has 5 rings (SSSR count). The molecule has 6 heteroatoms. The minimum atomic E-state index is -0.641. The van der Waals surface area contributed by atoms with Crippen molar-refractivity contribution in [2.24, 2.45) is 5.92 Å². The molecule has 0 bridgehead atoms. The fraction of sp³-hybridized carbons (Fsp3) is 0.405. The molecule has 0 spiro atoms. The van der Waals surface area contributed by atoms with E-state index in [-0.39, 0.29) is 24.5 Å². The first-order valence-corrected chi connectivity index (χ1v) is 15.9. The van der Waals surface area contributed by atoms with Crippen molar-refractivity contribution in [3.8, 4) is 5.75 Å². The number of aromatic nitrogens is 1. The van der Waals surface area contributed by atoms with Crippen molar-refractivity contribution in [1.82, 2.24) is 15.2 Å². The summed E-state index contributed by atoms with van der Waals surface area (Å²) in [5, 5.41) is 15.2. The van der Waals surface area contributed by atoms with Crippen molar-refractivity contribution in [2.45, 2.75) is 63.5 Å². The molecule has 1 aromatic heterocycles. The van der Waals surface area contributed by atoms with Crippen molar-refractivity contribution in [3.63, 3.8) is 0 Å². The summed E-state index contributed by atoms with van der Waals surface area (Å²) < 4.78 is 5.99. The zero-order valence-corrected chi connectivity index (χ0v) is 25.1. The Kier molecular flexibility index (Phi) is 11.6. The van der Waals surface area contributed by atoms with Gasteiger partial charge < -0.3 is 15.2 Å². The van der Waals surface area contributed by atoms with Crippen LogP contribution in [0.1, 0.15) is 49.7 Å². The Hall–Kier alpha value is -3.74. The highest BCUT2D eigenvalue weighted by Crippen LogP contribution is 2.24. The molecule has 0 aliphatic carbocycles. The van der Waals surface area contributed by atoms with Crippen LogP contribution in [0.5, 0.6) is 5.75 Å². The Bertz CT molecular complexity index is 1350. The van der Waals surface area contributed by atoms with Gasteiger partial charge in [-0.2, -0.15) is 0 Å². The number of nitrogens with zero attached hydrogens (tertiary/aromatic N) is 2. The Morgan fingerprint density at radius 2 is 1.60 bits per heavy atom. The number of aliphatic hydroxyl groups is 1. The summed E-state index contributed by atoms with van der Waals surface area (Å²) in [7, 11) is 0. The Morgan fingerprint density at radius 1 is 0.907 bits per heavy atom. The topological polar surface area (TPSA) is 74.7 Å². The average molecular weight is 580 g/mol. The SMILES string of the molecule is O=C(NC(CCCc1ccccc1)CCCc1ccccc1)C1CCCN(C[C@@H](O)COc2cccc3ncccc23)C1. The van der Waals surface area contributed by atoms with Crippen molar-refractivity contribution in [3.05, 3.63) is 108 Å². The lowest BCUT2D eigenvalue weighted by atomic mass is 9.94. The predicted octanol–water partition coefficient (Wildman–Crippen LogP) is 6.22. The van der Waals surface area contributed by atoms with Gasteiger partial charge in [0, 0.05) is 30.7 Å². The third kappa shape index (κ3) is 9.63. The second-order valence-electron chi connectivity index (χ2n) is 11.9. The van der Waals surface area contributed by atoms with Gasteiger partial charge in [0.25, 0.3) is 0 Å². The van der Waals surface area contributed by atoms with E-state index >= 15 is 0 Å². The van der Waals surface area contributed by atoms with Gasteiger partial charge in [-0.3, -0.25) is 14.7 Å². The Balaban J connectivity index is 1.10. The molecule has 1 saturated heterocycles. The molecule has 0 radical (unpaired) electrons. The molecular weight excluding hydrogens is 534 g/mol. The van der Waals surface area contributed by atoms with E-state index < -0.39 is 6.10 Å². The van der Waals surface area contributed by atoms with Crippen molar-refractivity contribution in [2.75, 3.05) is 26.2 Å². The third-order valence-corrected chi connectivity index (χ3v) is 8.45. The molecular formula is C37H45N3O3. The molecule has 2 atom stereocenters. The quantitative estimate of drug-likeness (QED) is 0.175. The van der Waals surface area contributed by atoms with Gasteiger partial charge in [0.1, 0.15) is 18.5 Å². The van der Waals surface area contributed by atoms with Gasteiger partial charge in [0.05, 0.1) is 11.4 Å². The number of carbonyl (C=O) groups excluding carboxylic acids is 1. The second kappa shape index (κ2) is 16.2. The van der Waals surface area contributed by atoms with Crippen LogP contribution in [0, 0.1) is 5.92 Å². The molecule has 1 aliphatic rings. The number of aliphatic hydroxyl groups excluding tert-OH is 1. The number of benzene rings is 3. The van der Waals surface area contributed by atoms with Crippen LogP contribution in [0.15, 0.2) is 97.2 Å². The molecule has 1 amide bonds. The number of ether oxygens (including phenoxy) is 1. The number of likely N-dealkylation sites (tertiary alicyclic amines) is 1. The standard InChI is InChI=1S/C37H45N3O3/c41-33(28-43-36-23-9-22-35-34(36)21-10-24-38-35)27-40-25-11-18-31(26-40)37(42)39-32(19-7-16-29-12-3-1-4-13-29)20-8-17-30-14-5-2-6-15-30/h1-6,9-10,12-15,21-24,31-33,41H,7-8,11,16-20,25-28H2,(H,39,42)/t31?,33-/m1/s1. The number of rotatable bonds is 15. The number of nitrogens with one attached hydrogen (secondary N) is 1. The highest BCUT2D eigenvalue weighted by Gasteiger charge is 2.28. The Labute approximate surface area is 256 Å². The highest BCUT2D eigenvalue weighted by atomic mass is 16.5. The summed E-state index contributed by atoms with van der Waals surface area (Å²) in [5.74, 6) is 0.825. The molecule has 2 N–H and O–H groups in total.